The van der Waals surface area contributed by atoms with Crippen LogP contribution in [0.25, 0.3) is 16.7 Å². The van der Waals surface area contributed by atoms with Crippen molar-refractivity contribution in [1.82, 2.24) is 9.55 Å². The molecule has 2 aromatic carbocycles. The van der Waals surface area contributed by atoms with E-state index in [0.29, 0.717) is 10.3 Å². The number of aromatic amines is 1. The topological polar surface area (TPSA) is 20.7 Å². The molecule has 96 valence electrons. The van der Waals surface area contributed by atoms with Gasteiger partial charge in [-0.15, -0.1) is 0 Å². The number of imidazole rings is 1. The van der Waals surface area contributed by atoms with Gasteiger partial charge in [0.2, 0.25) is 0 Å². The zero-order valence-electron chi connectivity index (χ0n) is 9.45. The monoisotopic (exact) mass is 404 g/mol. The molecule has 19 heavy (non-hydrogen) atoms. The summed E-state index contributed by atoms with van der Waals surface area (Å²) in [7, 11) is 0. The second-order valence-electron chi connectivity index (χ2n) is 4.03. The van der Waals surface area contributed by atoms with E-state index in [9.17, 15) is 4.39 Å². The lowest BCUT2D eigenvalue weighted by atomic mass is 10.2. The first-order chi connectivity index (χ1) is 9.06. The number of aromatic nitrogens is 2. The van der Waals surface area contributed by atoms with E-state index >= 15 is 0 Å². The van der Waals surface area contributed by atoms with Crippen molar-refractivity contribution in [3.05, 3.63) is 55.6 Å². The number of fused-ring (bicyclic) bond motifs is 1. The summed E-state index contributed by atoms with van der Waals surface area (Å²) in [4.78, 5) is 2.99. The van der Waals surface area contributed by atoms with Crippen molar-refractivity contribution in [2.45, 2.75) is 0 Å². The predicted molar refractivity (Wildman–Crippen MR) is 86.1 cm³/mol. The number of H-pyrrole nitrogens is 1. The summed E-state index contributed by atoms with van der Waals surface area (Å²) in [6, 6.07) is 10.8. The molecule has 0 aliphatic carbocycles. The van der Waals surface area contributed by atoms with Gasteiger partial charge in [0.05, 0.1) is 16.1 Å². The maximum absolute atomic E-state index is 13.4. The van der Waals surface area contributed by atoms with Gasteiger partial charge in [-0.1, -0.05) is 11.6 Å². The molecular formula is C13H7ClFIN2S. The van der Waals surface area contributed by atoms with Gasteiger partial charge in [-0.25, -0.2) is 4.39 Å². The van der Waals surface area contributed by atoms with E-state index < -0.39 is 5.82 Å². The number of hydrogen-bond donors (Lipinski definition) is 1. The Labute approximate surface area is 132 Å². The van der Waals surface area contributed by atoms with Crippen LogP contribution in [0.2, 0.25) is 5.02 Å². The van der Waals surface area contributed by atoms with Crippen LogP contribution >= 0.6 is 46.4 Å². The van der Waals surface area contributed by atoms with Crippen molar-refractivity contribution in [2.24, 2.45) is 0 Å². The second-order valence-corrected chi connectivity index (χ2v) is 6.06. The third kappa shape index (κ3) is 2.30. The molecule has 0 saturated carbocycles. The molecule has 1 aromatic heterocycles. The van der Waals surface area contributed by atoms with Crippen LogP contribution in [0.15, 0.2) is 36.4 Å². The Kier molecular flexibility index (Phi) is 3.36. The van der Waals surface area contributed by atoms with Crippen LogP contribution < -0.4 is 0 Å². The highest BCUT2D eigenvalue weighted by Gasteiger charge is 2.10. The Morgan fingerprint density at radius 3 is 2.58 bits per heavy atom. The predicted octanol–water partition coefficient (Wildman–Crippen LogP) is 5.09. The average Bonchev–Trinajstić information content (AvgIpc) is 2.67. The Bertz CT molecular complexity index is 823. The molecule has 0 aliphatic rings. The van der Waals surface area contributed by atoms with E-state index in [4.69, 9.17) is 23.8 Å². The number of benzene rings is 2. The lowest BCUT2D eigenvalue weighted by Gasteiger charge is -2.05. The normalized spacial score (nSPS) is 11.1. The average molecular weight is 405 g/mol. The van der Waals surface area contributed by atoms with Crippen LogP contribution in [0, 0.1) is 14.2 Å². The molecule has 3 rings (SSSR count). The van der Waals surface area contributed by atoms with Gasteiger partial charge in [-0.3, -0.25) is 4.57 Å². The molecule has 0 saturated heterocycles. The van der Waals surface area contributed by atoms with Gasteiger partial charge in [0.15, 0.2) is 4.77 Å². The standard InChI is InChI=1S/C13H7ClFIN2S/c14-9-5-12-11(6-10(9)15)17-13(19)18(12)8-3-1-7(16)2-4-8/h1-6H,(H,17,19). The zero-order valence-corrected chi connectivity index (χ0v) is 13.2. The smallest absolute Gasteiger partial charge is 0.182 e. The molecule has 0 fully saturated rings. The van der Waals surface area contributed by atoms with Gasteiger partial charge in [0, 0.05) is 15.3 Å². The molecule has 0 radical (unpaired) electrons. The first kappa shape index (κ1) is 13.1. The van der Waals surface area contributed by atoms with Crippen molar-refractivity contribution in [3.63, 3.8) is 0 Å². The quantitative estimate of drug-likeness (QED) is 0.443. The molecule has 0 bridgehead atoms. The Balaban J connectivity index is 2.34. The summed E-state index contributed by atoms with van der Waals surface area (Å²) < 4.78 is 16.9. The molecule has 0 amide bonds. The summed E-state index contributed by atoms with van der Waals surface area (Å²) in [5.74, 6) is -0.458. The summed E-state index contributed by atoms with van der Waals surface area (Å²) in [5, 5.41) is 0.0840. The van der Waals surface area contributed by atoms with E-state index in [1.807, 2.05) is 28.8 Å². The number of rotatable bonds is 1. The van der Waals surface area contributed by atoms with Crippen molar-refractivity contribution < 1.29 is 4.39 Å². The van der Waals surface area contributed by atoms with Crippen LogP contribution in [-0.2, 0) is 0 Å². The van der Waals surface area contributed by atoms with Crippen LogP contribution in [0.5, 0.6) is 0 Å². The third-order valence-electron chi connectivity index (χ3n) is 2.81. The Morgan fingerprint density at radius 2 is 1.89 bits per heavy atom. The van der Waals surface area contributed by atoms with Gasteiger partial charge < -0.3 is 4.98 Å². The fraction of sp³-hybridized carbons (Fsp3) is 0. The van der Waals surface area contributed by atoms with Crippen molar-refractivity contribution in [3.8, 4) is 5.69 Å². The molecule has 6 heteroatoms. The first-order valence-electron chi connectivity index (χ1n) is 5.42. The van der Waals surface area contributed by atoms with E-state index in [2.05, 4.69) is 27.6 Å². The molecule has 1 heterocycles. The van der Waals surface area contributed by atoms with Gasteiger partial charge >= 0.3 is 0 Å². The van der Waals surface area contributed by atoms with Crippen LogP contribution in [0.4, 0.5) is 4.39 Å². The molecular weight excluding hydrogens is 398 g/mol. The molecule has 3 aromatic rings. The molecule has 0 unspecified atom stereocenters. The number of hydrogen-bond acceptors (Lipinski definition) is 1. The van der Waals surface area contributed by atoms with Crippen molar-refractivity contribution in [2.75, 3.05) is 0 Å². The maximum Gasteiger partial charge on any atom is 0.182 e. The molecule has 0 spiro atoms. The SMILES string of the molecule is Fc1cc2[nH]c(=S)n(-c3ccc(I)cc3)c2cc1Cl. The lowest BCUT2D eigenvalue weighted by molar-refractivity contribution is 0.630. The summed E-state index contributed by atoms with van der Waals surface area (Å²) in [6.45, 7) is 0. The van der Waals surface area contributed by atoms with Crippen molar-refractivity contribution in [1.29, 1.82) is 0 Å². The third-order valence-corrected chi connectivity index (χ3v) is 4.10. The van der Waals surface area contributed by atoms with Crippen molar-refractivity contribution >= 4 is 57.4 Å². The summed E-state index contributed by atoms with van der Waals surface area (Å²) in [5.41, 5.74) is 2.31. The summed E-state index contributed by atoms with van der Waals surface area (Å²) in [6.07, 6.45) is 0. The number of nitrogens with one attached hydrogen (secondary N) is 1. The molecule has 0 aliphatic heterocycles. The van der Waals surface area contributed by atoms with Gasteiger partial charge in [-0.05, 0) is 65.1 Å². The number of halogens is 3. The zero-order chi connectivity index (χ0) is 13.6. The highest BCUT2D eigenvalue weighted by atomic mass is 127. The minimum atomic E-state index is -0.458. The van der Waals surface area contributed by atoms with Crippen LogP contribution in [0.3, 0.4) is 0 Å². The fourth-order valence-electron chi connectivity index (χ4n) is 1.95. The highest BCUT2D eigenvalue weighted by molar-refractivity contribution is 14.1. The van der Waals surface area contributed by atoms with Gasteiger partial charge in [0.25, 0.3) is 0 Å². The summed E-state index contributed by atoms with van der Waals surface area (Å²) >= 11 is 13.4. The highest BCUT2D eigenvalue weighted by Crippen LogP contribution is 2.25. The van der Waals surface area contributed by atoms with E-state index in [1.165, 1.54) is 6.07 Å². The minimum Gasteiger partial charge on any atom is -0.330 e. The molecule has 0 atom stereocenters. The fourth-order valence-corrected chi connectivity index (χ4v) is 2.78. The minimum absolute atomic E-state index is 0.0840. The van der Waals surface area contributed by atoms with Gasteiger partial charge in [0.1, 0.15) is 5.82 Å². The Hall–Kier alpha value is -0.920. The van der Waals surface area contributed by atoms with Crippen LogP contribution in [0.1, 0.15) is 0 Å². The lowest BCUT2D eigenvalue weighted by Crippen LogP contribution is -1.94. The molecule has 1 N–H and O–H groups in total. The van der Waals surface area contributed by atoms with Gasteiger partial charge in [-0.2, -0.15) is 0 Å². The second kappa shape index (κ2) is 4.88. The molecule has 2 nitrogen and oxygen atoms in total. The van der Waals surface area contributed by atoms with Crippen LogP contribution in [-0.4, -0.2) is 9.55 Å². The maximum atomic E-state index is 13.4. The van der Waals surface area contributed by atoms with E-state index in [1.54, 1.807) is 6.07 Å². The van der Waals surface area contributed by atoms with E-state index in [0.717, 1.165) is 14.8 Å². The largest absolute Gasteiger partial charge is 0.330 e. The Morgan fingerprint density at radius 1 is 1.21 bits per heavy atom. The first-order valence-corrected chi connectivity index (χ1v) is 7.28. The number of nitrogens with zero attached hydrogens (tertiary/aromatic N) is 1. The van der Waals surface area contributed by atoms with E-state index in [-0.39, 0.29) is 5.02 Å².